The number of hydrogen-bond acceptors (Lipinski definition) is 6. The summed E-state index contributed by atoms with van der Waals surface area (Å²) < 4.78 is 6.66. The number of nitrogens with one attached hydrogen (secondary N) is 1. The Morgan fingerprint density at radius 2 is 2.24 bits per heavy atom. The molecule has 3 aromatic rings. The smallest absolute Gasteiger partial charge is 0.423 e. The van der Waals surface area contributed by atoms with E-state index in [1.807, 2.05) is 12.1 Å². The first-order chi connectivity index (χ1) is 12.1. The number of carbonyl (C=O) groups excluding carboxylic acids is 1. The van der Waals surface area contributed by atoms with Gasteiger partial charge in [-0.05, 0) is 42.2 Å². The molecule has 0 bridgehead atoms. The Hall–Kier alpha value is -3.04. The summed E-state index contributed by atoms with van der Waals surface area (Å²) in [5, 5.41) is 20.5. The molecule has 1 amide bonds. The standard InChI is InChI=1S/C16H14BN5O3/c1-10-15(20-21-22(10)14-4-2-3-7-18-14)16(23)19-12-6-5-11-9-25-17(24)13(11)8-12/h2-8,24H,9H2,1H3,(H,19,23). The molecule has 1 aliphatic heterocycles. The molecule has 0 fully saturated rings. The van der Waals surface area contributed by atoms with E-state index in [9.17, 15) is 9.82 Å². The quantitative estimate of drug-likeness (QED) is 0.674. The highest BCUT2D eigenvalue weighted by Crippen LogP contribution is 2.16. The largest absolute Gasteiger partial charge is 0.491 e. The Morgan fingerprint density at radius 3 is 3.04 bits per heavy atom. The molecule has 3 heterocycles. The highest BCUT2D eigenvalue weighted by molar-refractivity contribution is 6.61. The van der Waals surface area contributed by atoms with Crippen LogP contribution >= 0.6 is 0 Å². The molecule has 0 atom stereocenters. The van der Waals surface area contributed by atoms with Gasteiger partial charge in [-0.1, -0.05) is 17.3 Å². The molecule has 25 heavy (non-hydrogen) atoms. The Bertz CT molecular complexity index is 944. The van der Waals surface area contributed by atoms with Crippen molar-refractivity contribution in [1.82, 2.24) is 20.0 Å². The molecule has 2 N–H and O–H groups in total. The second kappa shape index (κ2) is 6.12. The normalized spacial score (nSPS) is 13.0. The summed E-state index contributed by atoms with van der Waals surface area (Å²) in [6.07, 6.45) is 1.65. The summed E-state index contributed by atoms with van der Waals surface area (Å²) in [4.78, 5) is 16.7. The SMILES string of the molecule is Cc1c(C(=O)Nc2ccc3c(c2)B(O)OC3)nnn1-c1ccccn1. The highest BCUT2D eigenvalue weighted by Gasteiger charge is 2.27. The van der Waals surface area contributed by atoms with Gasteiger partial charge in [-0.2, -0.15) is 4.68 Å². The summed E-state index contributed by atoms with van der Waals surface area (Å²) in [5.41, 5.74) is 2.92. The number of benzene rings is 1. The van der Waals surface area contributed by atoms with Gasteiger partial charge in [0.05, 0.1) is 12.3 Å². The first kappa shape index (κ1) is 15.5. The lowest BCUT2D eigenvalue weighted by Gasteiger charge is -2.06. The van der Waals surface area contributed by atoms with Crippen LogP contribution in [0.4, 0.5) is 5.69 Å². The summed E-state index contributed by atoms with van der Waals surface area (Å²) in [6, 6.07) is 10.7. The zero-order chi connectivity index (χ0) is 17.4. The molecule has 0 aliphatic carbocycles. The van der Waals surface area contributed by atoms with Crippen molar-refractivity contribution >= 4 is 24.2 Å². The van der Waals surface area contributed by atoms with Crippen molar-refractivity contribution < 1.29 is 14.5 Å². The number of fused-ring (bicyclic) bond motifs is 1. The van der Waals surface area contributed by atoms with Crippen molar-refractivity contribution in [3.05, 3.63) is 59.5 Å². The minimum absolute atomic E-state index is 0.211. The van der Waals surface area contributed by atoms with Gasteiger partial charge in [-0.25, -0.2) is 4.98 Å². The lowest BCUT2D eigenvalue weighted by atomic mass is 9.79. The van der Waals surface area contributed by atoms with Crippen molar-refractivity contribution in [2.24, 2.45) is 0 Å². The van der Waals surface area contributed by atoms with Gasteiger partial charge in [-0.15, -0.1) is 5.10 Å². The lowest BCUT2D eigenvalue weighted by molar-refractivity contribution is 0.102. The van der Waals surface area contributed by atoms with E-state index < -0.39 is 7.12 Å². The van der Waals surface area contributed by atoms with Gasteiger partial charge in [0, 0.05) is 11.9 Å². The summed E-state index contributed by atoms with van der Waals surface area (Å²) in [7, 11) is -0.960. The van der Waals surface area contributed by atoms with Crippen molar-refractivity contribution in [2.45, 2.75) is 13.5 Å². The number of nitrogens with zero attached hydrogens (tertiary/aromatic N) is 4. The van der Waals surface area contributed by atoms with Crippen LogP contribution < -0.4 is 10.8 Å². The van der Waals surface area contributed by atoms with Gasteiger partial charge >= 0.3 is 7.12 Å². The highest BCUT2D eigenvalue weighted by atomic mass is 16.5. The number of amides is 1. The average Bonchev–Trinajstić information content (AvgIpc) is 3.19. The third-order valence-corrected chi connectivity index (χ3v) is 4.04. The van der Waals surface area contributed by atoms with Crippen LogP contribution in [0.1, 0.15) is 21.7 Å². The Kier molecular flexibility index (Phi) is 3.79. The monoisotopic (exact) mass is 335 g/mol. The van der Waals surface area contributed by atoms with E-state index in [0.717, 1.165) is 5.56 Å². The van der Waals surface area contributed by atoms with Crippen LogP contribution in [0.5, 0.6) is 0 Å². The molecule has 8 nitrogen and oxygen atoms in total. The Balaban J connectivity index is 1.58. The number of hydrogen-bond donors (Lipinski definition) is 2. The molecular formula is C16H14BN5O3. The van der Waals surface area contributed by atoms with Crippen LogP contribution in [0.3, 0.4) is 0 Å². The molecule has 4 rings (SSSR count). The second-order valence-electron chi connectivity index (χ2n) is 5.65. The van der Waals surface area contributed by atoms with Crippen molar-refractivity contribution in [3.8, 4) is 5.82 Å². The molecule has 9 heteroatoms. The number of anilines is 1. The van der Waals surface area contributed by atoms with Gasteiger partial charge in [0.1, 0.15) is 0 Å². The lowest BCUT2D eigenvalue weighted by Crippen LogP contribution is -2.28. The average molecular weight is 335 g/mol. The third kappa shape index (κ3) is 2.79. The van der Waals surface area contributed by atoms with Crippen LogP contribution in [0, 0.1) is 6.92 Å². The predicted molar refractivity (Wildman–Crippen MR) is 90.7 cm³/mol. The van der Waals surface area contributed by atoms with E-state index in [1.165, 1.54) is 4.68 Å². The Labute approximate surface area is 143 Å². The maximum absolute atomic E-state index is 12.5. The zero-order valence-corrected chi connectivity index (χ0v) is 13.4. The molecule has 0 saturated carbocycles. The second-order valence-corrected chi connectivity index (χ2v) is 5.65. The minimum Gasteiger partial charge on any atom is -0.423 e. The predicted octanol–water partition coefficient (Wildman–Crippen LogP) is 0.441. The molecule has 1 aromatic carbocycles. The number of carbonyl (C=O) groups is 1. The van der Waals surface area contributed by atoms with E-state index in [4.69, 9.17) is 4.65 Å². The first-order valence-electron chi connectivity index (χ1n) is 7.71. The molecule has 2 aromatic heterocycles. The number of pyridine rings is 1. The molecule has 0 radical (unpaired) electrons. The fourth-order valence-corrected chi connectivity index (χ4v) is 2.72. The van der Waals surface area contributed by atoms with Crippen LogP contribution in [0.2, 0.25) is 0 Å². The van der Waals surface area contributed by atoms with Crippen LogP contribution in [0.15, 0.2) is 42.6 Å². The van der Waals surface area contributed by atoms with E-state index >= 15 is 0 Å². The van der Waals surface area contributed by atoms with Gasteiger partial charge in [0.15, 0.2) is 11.5 Å². The van der Waals surface area contributed by atoms with Crippen molar-refractivity contribution in [3.63, 3.8) is 0 Å². The summed E-state index contributed by atoms with van der Waals surface area (Å²) in [5.74, 6) is 0.206. The number of rotatable bonds is 3. The maximum atomic E-state index is 12.5. The van der Waals surface area contributed by atoms with Crippen LogP contribution in [-0.2, 0) is 11.3 Å². The fourth-order valence-electron chi connectivity index (χ4n) is 2.72. The first-order valence-corrected chi connectivity index (χ1v) is 7.71. The van der Waals surface area contributed by atoms with Crippen molar-refractivity contribution in [2.75, 3.05) is 5.32 Å². The molecule has 0 spiro atoms. The molecule has 1 aliphatic rings. The van der Waals surface area contributed by atoms with Gasteiger partial charge in [-0.3, -0.25) is 4.79 Å². The fraction of sp³-hybridized carbons (Fsp3) is 0.125. The molecule has 124 valence electrons. The van der Waals surface area contributed by atoms with Crippen molar-refractivity contribution in [1.29, 1.82) is 0 Å². The topological polar surface area (TPSA) is 102 Å². The van der Waals surface area contributed by atoms with E-state index in [0.29, 0.717) is 29.3 Å². The minimum atomic E-state index is -0.960. The summed E-state index contributed by atoms with van der Waals surface area (Å²) >= 11 is 0. The molecular weight excluding hydrogens is 321 g/mol. The van der Waals surface area contributed by atoms with Crippen LogP contribution in [0.25, 0.3) is 5.82 Å². The molecule has 0 unspecified atom stereocenters. The van der Waals surface area contributed by atoms with E-state index in [1.54, 1.807) is 37.4 Å². The number of aromatic nitrogens is 4. The van der Waals surface area contributed by atoms with E-state index in [2.05, 4.69) is 20.6 Å². The van der Waals surface area contributed by atoms with Gasteiger partial charge in [0.2, 0.25) is 0 Å². The van der Waals surface area contributed by atoms with Gasteiger partial charge in [0.25, 0.3) is 5.91 Å². The van der Waals surface area contributed by atoms with Crippen LogP contribution in [-0.4, -0.2) is 38.0 Å². The van der Waals surface area contributed by atoms with Gasteiger partial charge < -0.3 is 15.0 Å². The third-order valence-electron chi connectivity index (χ3n) is 4.04. The Morgan fingerprint density at radius 1 is 1.36 bits per heavy atom. The molecule has 0 saturated heterocycles. The van der Waals surface area contributed by atoms with E-state index in [-0.39, 0.29) is 11.6 Å². The maximum Gasteiger partial charge on any atom is 0.491 e. The summed E-state index contributed by atoms with van der Waals surface area (Å²) in [6.45, 7) is 2.12. The zero-order valence-electron chi connectivity index (χ0n) is 13.4.